The number of hydrazine groups is 1. The molecule has 0 atom stereocenters. The Morgan fingerprint density at radius 2 is 1.79 bits per heavy atom. The second-order valence-electron chi connectivity index (χ2n) is 6.70. The number of benzene rings is 2. The quantitative estimate of drug-likeness (QED) is 0.563. The monoisotopic (exact) mass is 378 g/mol. The van der Waals surface area contributed by atoms with Gasteiger partial charge in [-0.15, -0.1) is 0 Å². The van der Waals surface area contributed by atoms with E-state index in [0.717, 1.165) is 11.1 Å². The van der Waals surface area contributed by atoms with Gasteiger partial charge in [0.1, 0.15) is 5.75 Å². The van der Waals surface area contributed by atoms with Crippen LogP contribution in [0.25, 0.3) is 0 Å². The van der Waals surface area contributed by atoms with Crippen LogP contribution in [0.3, 0.4) is 0 Å². The fourth-order valence-corrected chi connectivity index (χ4v) is 2.90. The van der Waals surface area contributed by atoms with Crippen LogP contribution in [0.1, 0.15) is 35.3 Å². The van der Waals surface area contributed by atoms with E-state index in [0.29, 0.717) is 28.2 Å². The van der Waals surface area contributed by atoms with Gasteiger partial charge in [-0.25, -0.2) is 0 Å². The smallest absolute Gasteiger partial charge is 0.282 e. The van der Waals surface area contributed by atoms with Crippen LogP contribution in [0.5, 0.6) is 5.75 Å². The Labute approximate surface area is 163 Å². The molecule has 1 heterocycles. The van der Waals surface area contributed by atoms with Crippen LogP contribution in [-0.2, 0) is 4.79 Å². The lowest BCUT2D eigenvalue weighted by atomic mass is 10.1. The summed E-state index contributed by atoms with van der Waals surface area (Å²) in [6.45, 7) is 7.43. The first-order valence-corrected chi connectivity index (χ1v) is 8.81. The zero-order valence-electron chi connectivity index (χ0n) is 16.2. The third kappa shape index (κ3) is 3.73. The second kappa shape index (κ2) is 7.56. The van der Waals surface area contributed by atoms with E-state index in [1.165, 1.54) is 17.1 Å². The number of hydrogen-bond acceptors (Lipinski definition) is 5. The first-order chi connectivity index (χ1) is 13.3. The lowest BCUT2D eigenvalue weighted by Gasteiger charge is -2.15. The largest absolute Gasteiger partial charge is 0.508 e. The summed E-state index contributed by atoms with van der Waals surface area (Å²) in [5, 5.41) is 15.2. The Bertz CT molecular complexity index is 1020. The Morgan fingerprint density at radius 1 is 1.04 bits per heavy atom. The number of hydrazone groups is 1. The molecule has 0 saturated carbocycles. The predicted octanol–water partition coefficient (Wildman–Crippen LogP) is 2.94. The highest BCUT2D eigenvalue weighted by atomic mass is 16.3. The van der Waals surface area contributed by atoms with Crippen LogP contribution in [0.15, 0.2) is 58.8 Å². The molecule has 3 N–H and O–H groups in total. The Balaban J connectivity index is 1.77. The number of aromatic hydroxyl groups is 1. The summed E-state index contributed by atoms with van der Waals surface area (Å²) in [6, 6.07) is 11.7. The molecule has 2 aromatic rings. The summed E-state index contributed by atoms with van der Waals surface area (Å²) in [7, 11) is 0. The minimum atomic E-state index is -0.429. The van der Waals surface area contributed by atoms with Crippen molar-refractivity contribution in [3.63, 3.8) is 0 Å². The van der Waals surface area contributed by atoms with E-state index in [9.17, 15) is 14.7 Å². The Hall–Kier alpha value is -3.61. The highest BCUT2D eigenvalue weighted by Gasteiger charge is 2.31. The standard InChI is InChI=1S/C21H22N4O3/c1-12-8-9-17(10-13(12)2)25-21(28)19(15(4)24-25)14(3)22-23-20(27)16-6-5-7-18(26)11-16/h5-11,22,26H,1-4H3,(H,23,27)/b19-14-. The number of aryl methyl sites for hydroxylation is 2. The molecule has 0 fully saturated rings. The van der Waals surface area contributed by atoms with E-state index >= 15 is 0 Å². The molecule has 3 rings (SSSR count). The maximum absolute atomic E-state index is 12.9. The summed E-state index contributed by atoms with van der Waals surface area (Å²) in [5.41, 5.74) is 9.93. The number of nitrogens with zero attached hydrogens (tertiary/aromatic N) is 2. The molecule has 0 aliphatic carbocycles. The molecule has 0 bridgehead atoms. The summed E-state index contributed by atoms with van der Waals surface area (Å²) >= 11 is 0. The van der Waals surface area contributed by atoms with Crippen molar-refractivity contribution in [1.82, 2.24) is 10.9 Å². The molecule has 2 aromatic carbocycles. The van der Waals surface area contributed by atoms with E-state index in [4.69, 9.17) is 0 Å². The van der Waals surface area contributed by atoms with Crippen molar-refractivity contribution >= 4 is 23.2 Å². The number of carbonyl (C=O) groups excluding carboxylic acids is 2. The predicted molar refractivity (Wildman–Crippen MR) is 108 cm³/mol. The lowest BCUT2D eigenvalue weighted by Crippen LogP contribution is -2.37. The SMILES string of the molecule is CC1=NN(c2ccc(C)c(C)c2)C(=O)/C1=C(/C)NNC(=O)c1cccc(O)c1. The van der Waals surface area contributed by atoms with Gasteiger partial charge in [0.2, 0.25) is 0 Å². The van der Waals surface area contributed by atoms with Gasteiger partial charge in [-0.2, -0.15) is 10.1 Å². The molecule has 0 spiro atoms. The Kier molecular flexibility index (Phi) is 5.17. The molecule has 2 amide bonds. The van der Waals surface area contributed by atoms with E-state index < -0.39 is 5.91 Å². The van der Waals surface area contributed by atoms with Crippen LogP contribution < -0.4 is 15.9 Å². The van der Waals surface area contributed by atoms with Gasteiger partial charge in [-0.05, 0) is 69.2 Å². The molecule has 0 saturated heterocycles. The van der Waals surface area contributed by atoms with Crippen LogP contribution >= 0.6 is 0 Å². The highest BCUT2D eigenvalue weighted by molar-refractivity contribution is 6.30. The second-order valence-corrected chi connectivity index (χ2v) is 6.70. The lowest BCUT2D eigenvalue weighted by molar-refractivity contribution is -0.114. The summed E-state index contributed by atoms with van der Waals surface area (Å²) in [6.07, 6.45) is 0. The number of anilines is 1. The van der Waals surface area contributed by atoms with Crippen molar-refractivity contribution in [3.05, 3.63) is 70.4 Å². The van der Waals surface area contributed by atoms with Gasteiger partial charge in [0, 0.05) is 11.3 Å². The first-order valence-electron chi connectivity index (χ1n) is 8.81. The van der Waals surface area contributed by atoms with Crippen molar-refractivity contribution in [2.45, 2.75) is 27.7 Å². The average Bonchev–Trinajstić information content (AvgIpc) is 2.96. The molecule has 28 heavy (non-hydrogen) atoms. The number of amides is 2. The summed E-state index contributed by atoms with van der Waals surface area (Å²) in [4.78, 5) is 25.1. The maximum Gasteiger partial charge on any atom is 0.282 e. The van der Waals surface area contributed by atoms with Gasteiger partial charge in [0.25, 0.3) is 11.8 Å². The molecule has 0 unspecified atom stereocenters. The minimum absolute atomic E-state index is 0.000656. The number of allylic oxidation sites excluding steroid dienone is 1. The average molecular weight is 378 g/mol. The van der Waals surface area contributed by atoms with Crippen LogP contribution in [0.4, 0.5) is 5.69 Å². The van der Waals surface area contributed by atoms with Gasteiger partial charge in [0.15, 0.2) is 0 Å². The highest BCUT2D eigenvalue weighted by Crippen LogP contribution is 2.26. The van der Waals surface area contributed by atoms with E-state index in [2.05, 4.69) is 16.0 Å². The molecule has 0 aromatic heterocycles. The number of hydrogen-bond donors (Lipinski definition) is 3. The normalized spacial score (nSPS) is 15.4. The van der Waals surface area contributed by atoms with Crippen LogP contribution in [0, 0.1) is 13.8 Å². The van der Waals surface area contributed by atoms with Gasteiger partial charge < -0.3 is 10.5 Å². The number of rotatable bonds is 4. The van der Waals surface area contributed by atoms with Crippen molar-refractivity contribution in [2.24, 2.45) is 5.10 Å². The number of phenols is 1. The molecule has 7 heteroatoms. The molecule has 0 radical (unpaired) electrons. The summed E-state index contributed by atoms with van der Waals surface area (Å²) in [5.74, 6) is -0.694. The van der Waals surface area contributed by atoms with Gasteiger partial charge in [0.05, 0.1) is 17.0 Å². The summed E-state index contributed by atoms with van der Waals surface area (Å²) < 4.78 is 0. The van der Waals surface area contributed by atoms with Gasteiger partial charge in [-0.1, -0.05) is 12.1 Å². The number of phenolic OH excluding ortho intramolecular Hbond substituents is 1. The fraction of sp³-hybridized carbons (Fsp3) is 0.190. The maximum atomic E-state index is 12.9. The molecule has 1 aliphatic rings. The molecule has 7 nitrogen and oxygen atoms in total. The Morgan fingerprint density at radius 3 is 2.46 bits per heavy atom. The van der Waals surface area contributed by atoms with Crippen molar-refractivity contribution in [2.75, 3.05) is 5.01 Å². The van der Waals surface area contributed by atoms with E-state index in [1.54, 1.807) is 26.0 Å². The first kappa shape index (κ1) is 19.2. The van der Waals surface area contributed by atoms with Crippen LogP contribution in [-0.4, -0.2) is 22.6 Å². The zero-order valence-corrected chi connectivity index (χ0v) is 16.2. The molecule has 1 aliphatic heterocycles. The zero-order chi connectivity index (χ0) is 20.4. The molecular weight excluding hydrogens is 356 g/mol. The van der Waals surface area contributed by atoms with Gasteiger partial charge >= 0.3 is 0 Å². The third-order valence-corrected chi connectivity index (χ3v) is 4.60. The molecular formula is C21H22N4O3. The van der Waals surface area contributed by atoms with Crippen molar-refractivity contribution in [3.8, 4) is 5.75 Å². The van der Waals surface area contributed by atoms with Crippen molar-refractivity contribution < 1.29 is 14.7 Å². The minimum Gasteiger partial charge on any atom is -0.508 e. The molecule has 144 valence electrons. The van der Waals surface area contributed by atoms with E-state index in [1.807, 2.05) is 32.0 Å². The third-order valence-electron chi connectivity index (χ3n) is 4.60. The number of carbonyl (C=O) groups is 2. The van der Waals surface area contributed by atoms with Crippen LogP contribution in [0.2, 0.25) is 0 Å². The van der Waals surface area contributed by atoms with Gasteiger partial charge in [-0.3, -0.25) is 15.0 Å². The topological polar surface area (TPSA) is 94.0 Å². The fourth-order valence-electron chi connectivity index (χ4n) is 2.90. The van der Waals surface area contributed by atoms with Crippen molar-refractivity contribution in [1.29, 1.82) is 0 Å². The number of nitrogens with one attached hydrogen (secondary N) is 2. The van der Waals surface area contributed by atoms with E-state index in [-0.39, 0.29) is 11.7 Å².